The molecule has 0 aromatic heterocycles. The fourth-order valence-electron chi connectivity index (χ4n) is 3.71. The summed E-state index contributed by atoms with van der Waals surface area (Å²) in [7, 11) is 0. The molecule has 1 aromatic rings. The summed E-state index contributed by atoms with van der Waals surface area (Å²) in [6.07, 6.45) is 8.30. The average molecular weight is 287 g/mol. The molecule has 1 fully saturated rings. The molecule has 0 saturated heterocycles. The maximum absolute atomic E-state index is 11.8. The monoisotopic (exact) mass is 287 g/mol. The van der Waals surface area contributed by atoms with E-state index >= 15 is 0 Å². The number of para-hydroxylation sites is 1. The van der Waals surface area contributed by atoms with Gasteiger partial charge in [-0.1, -0.05) is 43.9 Å². The van der Waals surface area contributed by atoms with Gasteiger partial charge in [-0.25, -0.2) is 0 Å². The van der Waals surface area contributed by atoms with Crippen molar-refractivity contribution in [1.82, 2.24) is 4.90 Å². The number of fused-ring (bicyclic) bond motifs is 1. The van der Waals surface area contributed by atoms with Gasteiger partial charge in [-0.2, -0.15) is 0 Å². The van der Waals surface area contributed by atoms with Crippen LogP contribution >= 0.6 is 0 Å². The van der Waals surface area contributed by atoms with Crippen LogP contribution in [0.3, 0.4) is 0 Å². The second-order valence-electron chi connectivity index (χ2n) is 6.56. The highest BCUT2D eigenvalue weighted by atomic mass is 16.5. The fourth-order valence-corrected chi connectivity index (χ4v) is 3.71. The molecule has 0 amide bonds. The minimum absolute atomic E-state index is 0.129. The van der Waals surface area contributed by atoms with Gasteiger partial charge in [0.2, 0.25) is 0 Å². The fraction of sp³-hybridized carbons (Fsp3) is 0.611. The van der Waals surface area contributed by atoms with E-state index in [1.165, 1.54) is 37.5 Å². The van der Waals surface area contributed by atoms with Crippen LogP contribution in [0, 0.1) is 5.41 Å². The third-order valence-electron chi connectivity index (χ3n) is 4.92. The minimum atomic E-state index is -0.129. The zero-order valence-electron chi connectivity index (χ0n) is 12.7. The number of rotatable bonds is 3. The van der Waals surface area contributed by atoms with Gasteiger partial charge in [0.25, 0.3) is 0 Å². The SMILES string of the molecule is O=CC1(CN2CCOc3ccccc3C2)CCCCCC1. The molecule has 1 aliphatic carbocycles. The average Bonchev–Trinajstić information content (AvgIpc) is 2.86. The van der Waals surface area contributed by atoms with Crippen molar-refractivity contribution in [3.63, 3.8) is 0 Å². The maximum Gasteiger partial charge on any atom is 0.127 e. The molecule has 1 aliphatic heterocycles. The van der Waals surface area contributed by atoms with Gasteiger partial charge in [-0.3, -0.25) is 4.90 Å². The molecule has 0 atom stereocenters. The number of ether oxygens (including phenoxy) is 1. The first-order chi connectivity index (χ1) is 10.3. The van der Waals surface area contributed by atoms with Crippen molar-refractivity contribution in [2.45, 2.75) is 45.1 Å². The lowest BCUT2D eigenvalue weighted by Gasteiger charge is -2.32. The number of carbonyl (C=O) groups is 1. The lowest BCUT2D eigenvalue weighted by molar-refractivity contribution is -0.118. The Hall–Kier alpha value is -1.35. The van der Waals surface area contributed by atoms with Crippen LogP contribution in [0.5, 0.6) is 5.75 Å². The molecule has 3 heteroatoms. The summed E-state index contributed by atoms with van der Waals surface area (Å²) in [5.41, 5.74) is 1.11. The Morgan fingerprint density at radius 3 is 2.67 bits per heavy atom. The van der Waals surface area contributed by atoms with Gasteiger partial charge < -0.3 is 9.53 Å². The largest absolute Gasteiger partial charge is 0.492 e. The van der Waals surface area contributed by atoms with Gasteiger partial charge in [-0.15, -0.1) is 0 Å². The van der Waals surface area contributed by atoms with Gasteiger partial charge in [0.1, 0.15) is 18.6 Å². The van der Waals surface area contributed by atoms with E-state index in [9.17, 15) is 4.79 Å². The first-order valence-electron chi connectivity index (χ1n) is 8.21. The lowest BCUT2D eigenvalue weighted by atomic mass is 9.81. The summed E-state index contributed by atoms with van der Waals surface area (Å²) in [5.74, 6) is 1.00. The predicted molar refractivity (Wildman–Crippen MR) is 83.4 cm³/mol. The number of carbonyl (C=O) groups excluding carboxylic acids is 1. The third kappa shape index (κ3) is 3.46. The highest BCUT2D eigenvalue weighted by Crippen LogP contribution is 2.35. The predicted octanol–water partition coefficient (Wildman–Crippen LogP) is 3.42. The molecule has 1 heterocycles. The van der Waals surface area contributed by atoms with Gasteiger partial charge in [-0.05, 0) is 18.9 Å². The molecule has 0 radical (unpaired) electrons. The van der Waals surface area contributed by atoms with Gasteiger partial charge in [0.05, 0.1) is 0 Å². The Bertz CT molecular complexity index is 478. The Morgan fingerprint density at radius 2 is 1.90 bits per heavy atom. The molecule has 21 heavy (non-hydrogen) atoms. The molecule has 1 saturated carbocycles. The van der Waals surface area contributed by atoms with E-state index in [1.807, 2.05) is 12.1 Å². The van der Waals surface area contributed by atoms with E-state index in [1.54, 1.807) is 0 Å². The van der Waals surface area contributed by atoms with Crippen molar-refractivity contribution in [3.05, 3.63) is 29.8 Å². The standard InChI is InChI=1S/C18H25NO2/c20-15-18(9-5-1-2-6-10-18)14-19-11-12-21-17-8-4-3-7-16(17)13-19/h3-4,7-8,15H,1-2,5-6,9-14H2. The molecular formula is C18H25NO2. The second-order valence-corrected chi connectivity index (χ2v) is 6.56. The molecule has 0 unspecified atom stereocenters. The van der Waals surface area contributed by atoms with Crippen molar-refractivity contribution in [3.8, 4) is 5.75 Å². The van der Waals surface area contributed by atoms with E-state index in [0.29, 0.717) is 6.61 Å². The van der Waals surface area contributed by atoms with E-state index in [4.69, 9.17) is 4.74 Å². The zero-order valence-corrected chi connectivity index (χ0v) is 12.7. The molecule has 114 valence electrons. The Labute approximate surface area is 127 Å². The van der Waals surface area contributed by atoms with E-state index < -0.39 is 0 Å². The Kier molecular flexibility index (Phi) is 4.59. The van der Waals surface area contributed by atoms with Crippen molar-refractivity contribution in [1.29, 1.82) is 0 Å². The Morgan fingerprint density at radius 1 is 1.14 bits per heavy atom. The molecule has 0 N–H and O–H groups in total. The van der Waals surface area contributed by atoms with Gasteiger partial charge in [0.15, 0.2) is 0 Å². The van der Waals surface area contributed by atoms with Crippen LogP contribution in [0.25, 0.3) is 0 Å². The van der Waals surface area contributed by atoms with Crippen LogP contribution < -0.4 is 4.74 Å². The summed E-state index contributed by atoms with van der Waals surface area (Å²) < 4.78 is 5.83. The number of hydrogen-bond donors (Lipinski definition) is 0. The molecule has 3 nitrogen and oxygen atoms in total. The molecule has 2 aliphatic rings. The second kappa shape index (κ2) is 6.61. The van der Waals surface area contributed by atoms with E-state index in [-0.39, 0.29) is 5.41 Å². The minimum Gasteiger partial charge on any atom is -0.492 e. The van der Waals surface area contributed by atoms with Crippen LogP contribution in [0.2, 0.25) is 0 Å². The molecule has 0 bridgehead atoms. The summed E-state index contributed by atoms with van der Waals surface area (Å²) in [5, 5.41) is 0. The van der Waals surface area contributed by atoms with Crippen LogP contribution in [-0.4, -0.2) is 30.9 Å². The molecular weight excluding hydrogens is 262 g/mol. The summed E-state index contributed by atoms with van der Waals surface area (Å²) in [6.45, 7) is 3.40. The lowest BCUT2D eigenvalue weighted by Crippen LogP contribution is -2.39. The highest BCUT2D eigenvalue weighted by Gasteiger charge is 2.33. The van der Waals surface area contributed by atoms with Gasteiger partial charge >= 0.3 is 0 Å². The van der Waals surface area contributed by atoms with Crippen molar-refractivity contribution >= 4 is 6.29 Å². The van der Waals surface area contributed by atoms with Crippen molar-refractivity contribution in [2.75, 3.05) is 19.7 Å². The highest BCUT2D eigenvalue weighted by molar-refractivity contribution is 5.59. The van der Waals surface area contributed by atoms with Crippen molar-refractivity contribution < 1.29 is 9.53 Å². The molecule has 1 aromatic carbocycles. The topological polar surface area (TPSA) is 29.5 Å². The van der Waals surface area contributed by atoms with Crippen molar-refractivity contribution in [2.24, 2.45) is 5.41 Å². The van der Waals surface area contributed by atoms with E-state index in [2.05, 4.69) is 17.0 Å². The zero-order chi connectivity index (χ0) is 14.5. The number of hydrogen-bond acceptors (Lipinski definition) is 3. The quantitative estimate of drug-likeness (QED) is 0.630. The van der Waals surface area contributed by atoms with E-state index in [0.717, 1.165) is 38.2 Å². The number of benzene rings is 1. The summed E-state index contributed by atoms with van der Waals surface area (Å²) in [4.78, 5) is 14.2. The Balaban J connectivity index is 1.73. The van der Waals surface area contributed by atoms with Crippen LogP contribution in [-0.2, 0) is 11.3 Å². The maximum atomic E-state index is 11.8. The molecule has 3 rings (SSSR count). The summed E-state index contributed by atoms with van der Waals surface area (Å²) in [6, 6.07) is 8.26. The first-order valence-corrected chi connectivity index (χ1v) is 8.21. The van der Waals surface area contributed by atoms with Crippen LogP contribution in [0.1, 0.15) is 44.1 Å². The summed E-state index contributed by atoms with van der Waals surface area (Å²) >= 11 is 0. The first kappa shape index (κ1) is 14.6. The van der Waals surface area contributed by atoms with Crippen LogP contribution in [0.4, 0.5) is 0 Å². The van der Waals surface area contributed by atoms with Crippen LogP contribution in [0.15, 0.2) is 24.3 Å². The molecule has 0 spiro atoms. The normalized spacial score (nSPS) is 22.5. The number of aldehydes is 1. The smallest absolute Gasteiger partial charge is 0.127 e. The third-order valence-corrected chi connectivity index (χ3v) is 4.92. The van der Waals surface area contributed by atoms with Gasteiger partial charge in [0, 0.05) is 30.6 Å². The number of nitrogens with zero attached hydrogens (tertiary/aromatic N) is 1.